The Morgan fingerprint density at radius 3 is 2.00 bits per heavy atom. The minimum atomic E-state index is 0.250. The lowest BCUT2D eigenvalue weighted by Gasteiger charge is -2.12. The van der Waals surface area contributed by atoms with Gasteiger partial charge in [0.05, 0.1) is 26.9 Å². The predicted molar refractivity (Wildman–Crippen MR) is 64.2 cm³/mol. The maximum atomic E-state index is 10.7. The first-order valence-corrected chi connectivity index (χ1v) is 5.05. The number of hydrogen-bond donors (Lipinski definition) is 1. The second kappa shape index (κ2) is 8.41. The number of aliphatic hydroxyl groups excluding tert-OH is 1. The van der Waals surface area contributed by atoms with Crippen LogP contribution in [0.15, 0.2) is 12.1 Å². The normalized spacial score (nSPS) is 8.76. The van der Waals surface area contributed by atoms with Gasteiger partial charge in [0.1, 0.15) is 0 Å². The van der Waals surface area contributed by atoms with Crippen molar-refractivity contribution in [2.24, 2.45) is 0 Å². The number of aldehydes is 1. The number of carbonyl (C=O) groups is 1. The summed E-state index contributed by atoms with van der Waals surface area (Å²) in [4.78, 5) is 10.7. The van der Waals surface area contributed by atoms with Crippen LogP contribution in [0.5, 0.6) is 17.2 Å². The molecule has 1 N–H and O–H groups in total. The SMILES string of the molecule is CCO.COc1ccc(C=O)c(OC)c1OC. The lowest BCUT2D eigenvalue weighted by atomic mass is 10.2. The van der Waals surface area contributed by atoms with Crippen LogP contribution in [0.1, 0.15) is 17.3 Å². The Morgan fingerprint density at radius 1 is 1.12 bits per heavy atom. The van der Waals surface area contributed by atoms with E-state index in [0.717, 1.165) is 0 Å². The van der Waals surface area contributed by atoms with Crippen molar-refractivity contribution >= 4 is 6.29 Å². The Hall–Kier alpha value is -1.75. The fourth-order valence-electron chi connectivity index (χ4n) is 1.22. The van der Waals surface area contributed by atoms with Crippen molar-refractivity contribution < 1.29 is 24.1 Å². The van der Waals surface area contributed by atoms with Gasteiger partial charge in [0, 0.05) is 6.61 Å². The fourth-order valence-corrected chi connectivity index (χ4v) is 1.22. The Morgan fingerprint density at radius 2 is 1.65 bits per heavy atom. The average molecular weight is 242 g/mol. The van der Waals surface area contributed by atoms with Crippen LogP contribution >= 0.6 is 0 Å². The van der Waals surface area contributed by atoms with E-state index in [4.69, 9.17) is 19.3 Å². The summed E-state index contributed by atoms with van der Waals surface area (Å²) in [6.07, 6.45) is 0.709. The molecule has 5 heteroatoms. The number of rotatable bonds is 4. The summed E-state index contributed by atoms with van der Waals surface area (Å²) in [6, 6.07) is 3.28. The van der Waals surface area contributed by atoms with E-state index in [9.17, 15) is 4.79 Å². The summed E-state index contributed by atoms with van der Waals surface area (Å²) in [5.74, 6) is 1.36. The molecule has 0 atom stereocenters. The second-order valence-electron chi connectivity index (χ2n) is 2.86. The summed E-state index contributed by atoms with van der Waals surface area (Å²) < 4.78 is 15.2. The van der Waals surface area contributed by atoms with E-state index in [1.165, 1.54) is 21.3 Å². The van der Waals surface area contributed by atoms with Crippen molar-refractivity contribution in [1.29, 1.82) is 0 Å². The Labute approximate surface area is 101 Å². The molecular weight excluding hydrogens is 224 g/mol. The van der Waals surface area contributed by atoms with Crippen LogP contribution in [0.3, 0.4) is 0 Å². The Balaban J connectivity index is 0.000000770. The largest absolute Gasteiger partial charge is 0.493 e. The first-order valence-electron chi connectivity index (χ1n) is 5.05. The average Bonchev–Trinajstić information content (AvgIpc) is 2.37. The Bertz CT molecular complexity index is 349. The topological polar surface area (TPSA) is 65.0 Å². The summed E-state index contributed by atoms with van der Waals surface area (Å²) in [5, 5.41) is 7.57. The molecule has 17 heavy (non-hydrogen) atoms. The van der Waals surface area contributed by atoms with Gasteiger partial charge in [0.15, 0.2) is 17.8 Å². The Kier molecular flexibility index (Phi) is 7.54. The fraction of sp³-hybridized carbons (Fsp3) is 0.417. The molecule has 0 unspecified atom stereocenters. The van der Waals surface area contributed by atoms with Crippen LogP contribution in [-0.2, 0) is 0 Å². The van der Waals surface area contributed by atoms with Crippen molar-refractivity contribution in [3.63, 3.8) is 0 Å². The van der Waals surface area contributed by atoms with E-state index in [1.54, 1.807) is 19.1 Å². The number of methoxy groups -OCH3 is 3. The monoisotopic (exact) mass is 242 g/mol. The maximum Gasteiger partial charge on any atom is 0.204 e. The molecule has 1 aromatic rings. The molecule has 0 aliphatic heterocycles. The van der Waals surface area contributed by atoms with Crippen LogP contribution in [0.4, 0.5) is 0 Å². The van der Waals surface area contributed by atoms with Gasteiger partial charge >= 0.3 is 0 Å². The molecule has 0 aromatic heterocycles. The molecule has 0 fully saturated rings. The third kappa shape index (κ3) is 3.96. The molecule has 0 aliphatic rings. The van der Waals surface area contributed by atoms with Crippen LogP contribution in [0.25, 0.3) is 0 Å². The number of benzene rings is 1. The van der Waals surface area contributed by atoms with Gasteiger partial charge in [-0.1, -0.05) is 0 Å². The summed E-state index contributed by atoms with van der Waals surface area (Å²) >= 11 is 0. The molecule has 0 spiro atoms. The van der Waals surface area contributed by atoms with Crippen molar-refractivity contribution in [3.05, 3.63) is 17.7 Å². The molecule has 5 nitrogen and oxygen atoms in total. The van der Waals surface area contributed by atoms with Gasteiger partial charge in [-0.3, -0.25) is 4.79 Å². The quantitative estimate of drug-likeness (QED) is 0.811. The van der Waals surface area contributed by atoms with E-state index >= 15 is 0 Å². The first-order chi connectivity index (χ1) is 8.19. The molecule has 0 aliphatic carbocycles. The molecule has 0 saturated carbocycles. The molecule has 96 valence electrons. The third-order valence-corrected chi connectivity index (χ3v) is 1.86. The number of ether oxygens (including phenoxy) is 3. The van der Waals surface area contributed by atoms with E-state index in [-0.39, 0.29) is 6.61 Å². The molecule has 0 heterocycles. The van der Waals surface area contributed by atoms with Gasteiger partial charge in [-0.15, -0.1) is 0 Å². The van der Waals surface area contributed by atoms with E-state index < -0.39 is 0 Å². The third-order valence-electron chi connectivity index (χ3n) is 1.86. The van der Waals surface area contributed by atoms with Gasteiger partial charge in [0.2, 0.25) is 5.75 Å². The molecule has 1 aromatic carbocycles. The number of carbonyl (C=O) groups excluding carboxylic acids is 1. The summed E-state index contributed by atoms with van der Waals surface area (Å²) in [5.41, 5.74) is 0.435. The zero-order valence-electron chi connectivity index (χ0n) is 10.5. The maximum absolute atomic E-state index is 10.7. The smallest absolute Gasteiger partial charge is 0.204 e. The number of aliphatic hydroxyl groups is 1. The summed E-state index contributed by atoms with van der Waals surface area (Å²) in [6.45, 7) is 1.93. The van der Waals surface area contributed by atoms with Crippen molar-refractivity contribution in [2.45, 2.75) is 6.92 Å². The minimum absolute atomic E-state index is 0.250. The van der Waals surface area contributed by atoms with Crippen molar-refractivity contribution in [1.82, 2.24) is 0 Å². The van der Waals surface area contributed by atoms with Gasteiger partial charge in [-0.05, 0) is 19.1 Å². The van der Waals surface area contributed by atoms with E-state index in [2.05, 4.69) is 0 Å². The highest BCUT2D eigenvalue weighted by Gasteiger charge is 2.14. The highest BCUT2D eigenvalue weighted by molar-refractivity contribution is 5.82. The molecule has 0 saturated heterocycles. The standard InChI is InChI=1S/C10H12O4.C2H6O/c1-12-8-5-4-7(6-11)9(13-2)10(8)14-3;1-2-3/h4-6H,1-3H3;3H,2H2,1H3. The van der Waals surface area contributed by atoms with E-state index in [1.807, 2.05) is 0 Å². The van der Waals surface area contributed by atoms with Gasteiger partial charge in [-0.25, -0.2) is 0 Å². The highest BCUT2D eigenvalue weighted by atomic mass is 16.5. The molecule has 1 rings (SSSR count). The molecule has 0 radical (unpaired) electrons. The van der Waals surface area contributed by atoms with Crippen molar-refractivity contribution in [3.8, 4) is 17.2 Å². The first kappa shape index (κ1) is 15.2. The van der Waals surface area contributed by atoms with Crippen LogP contribution < -0.4 is 14.2 Å². The molecule has 0 amide bonds. The molecular formula is C12H18O5. The van der Waals surface area contributed by atoms with Crippen LogP contribution in [0, 0.1) is 0 Å². The zero-order valence-corrected chi connectivity index (χ0v) is 10.5. The molecule has 0 bridgehead atoms. The number of hydrogen-bond acceptors (Lipinski definition) is 5. The van der Waals surface area contributed by atoms with Crippen LogP contribution in [0.2, 0.25) is 0 Å². The lowest BCUT2D eigenvalue weighted by Crippen LogP contribution is -1.97. The van der Waals surface area contributed by atoms with Gasteiger partial charge in [-0.2, -0.15) is 0 Å². The highest BCUT2D eigenvalue weighted by Crippen LogP contribution is 2.38. The summed E-state index contributed by atoms with van der Waals surface area (Å²) in [7, 11) is 4.50. The lowest BCUT2D eigenvalue weighted by molar-refractivity contribution is 0.112. The van der Waals surface area contributed by atoms with E-state index in [0.29, 0.717) is 29.1 Å². The second-order valence-corrected chi connectivity index (χ2v) is 2.86. The minimum Gasteiger partial charge on any atom is -0.493 e. The van der Waals surface area contributed by atoms with Crippen LogP contribution in [-0.4, -0.2) is 39.3 Å². The predicted octanol–water partition coefficient (Wildman–Crippen LogP) is 1.52. The van der Waals surface area contributed by atoms with Gasteiger partial charge in [0.25, 0.3) is 0 Å². The van der Waals surface area contributed by atoms with Gasteiger partial charge < -0.3 is 19.3 Å². The zero-order chi connectivity index (χ0) is 13.3. The van der Waals surface area contributed by atoms with Crippen molar-refractivity contribution in [2.75, 3.05) is 27.9 Å².